The second kappa shape index (κ2) is 4.21. The Morgan fingerprint density at radius 1 is 1.00 bits per heavy atom. The van der Waals surface area contributed by atoms with Crippen molar-refractivity contribution in [1.82, 2.24) is 9.34 Å². The van der Waals surface area contributed by atoms with E-state index in [9.17, 15) is 0 Å². The summed E-state index contributed by atoms with van der Waals surface area (Å²) in [7, 11) is 8.53. The summed E-state index contributed by atoms with van der Waals surface area (Å²) in [6, 6.07) is 0. The van der Waals surface area contributed by atoms with E-state index in [-0.39, 0.29) is 8.22 Å². The lowest BCUT2D eigenvalue weighted by Gasteiger charge is -2.28. The third-order valence-corrected chi connectivity index (χ3v) is 3.62. The van der Waals surface area contributed by atoms with Gasteiger partial charge in [0.05, 0.1) is 0 Å². The molecule has 0 aromatic rings. The fourth-order valence-electron chi connectivity index (χ4n) is 0.923. The van der Waals surface area contributed by atoms with Crippen LogP contribution in [0, 0.1) is 0 Å². The molecular formula is C6H17N2P. The smallest absolute Gasteiger partial charge is 0.0381 e. The molecule has 0 bridgehead atoms. The highest BCUT2D eigenvalue weighted by molar-refractivity contribution is 7.52. The first-order valence-corrected chi connectivity index (χ1v) is 4.64. The van der Waals surface area contributed by atoms with E-state index in [0.29, 0.717) is 0 Å². The molecule has 0 amide bonds. The first-order chi connectivity index (χ1) is 4.09. The van der Waals surface area contributed by atoms with Crippen LogP contribution >= 0.6 is 8.22 Å². The maximum absolute atomic E-state index is 2.29. The van der Waals surface area contributed by atoms with Crippen molar-refractivity contribution in [3.05, 3.63) is 0 Å². The first-order valence-electron chi connectivity index (χ1n) is 3.21. The van der Waals surface area contributed by atoms with Gasteiger partial charge in [-0.2, -0.15) is 0 Å². The molecule has 2 nitrogen and oxygen atoms in total. The molecule has 0 radical (unpaired) electrons. The van der Waals surface area contributed by atoms with Crippen LogP contribution in [0.2, 0.25) is 0 Å². The Bertz CT molecular complexity index is 65.5. The highest BCUT2D eigenvalue weighted by atomic mass is 31.1. The van der Waals surface area contributed by atoms with Gasteiger partial charge in [-0.3, -0.25) is 9.34 Å². The molecule has 3 heteroatoms. The maximum Gasteiger partial charge on any atom is 0.0381 e. The Morgan fingerprint density at radius 2 is 1.33 bits per heavy atom. The quantitative estimate of drug-likeness (QED) is 0.559. The molecule has 0 spiro atoms. The Labute approximate surface area is 59.7 Å². The number of hydrogen-bond acceptors (Lipinski definition) is 2. The molecule has 0 aromatic carbocycles. The predicted molar refractivity (Wildman–Crippen MR) is 44.8 cm³/mol. The Hall–Kier alpha value is 0.350. The van der Waals surface area contributed by atoms with E-state index >= 15 is 0 Å². The molecule has 0 heterocycles. The number of rotatable bonds is 3. The lowest BCUT2D eigenvalue weighted by Crippen LogP contribution is -2.17. The van der Waals surface area contributed by atoms with Crippen LogP contribution in [0.5, 0.6) is 0 Å². The largest absolute Gasteiger partial charge is 0.276 e. The summed E-state index contributed by atoms with van der Waals surface area (Å²) in [6.07, 6.45) is 1.25. The van der Waals surface area contributed by atoms with E-state index in [1.54, 1.807) is 0 Å². The van der Waals surface area contributed by atoms with Crippen LogP contribution in [0.25, 0.3) is 0 Å². The van der Waals surface area contributed by atoms with Crippen LogP contribution < -0.4 is 0 Å². The molecule has 56 valence electrons. The molecule has 0 aliphatic rings. The summed E-state index contributed by atoms with van der Waals surface area (Å²) < 4.78 is 4.57. The minimum absolute atomic E-state index is 0.00977. The summed E-state index contributed by atoms with van der Waals surface area (Å²) in [6.45, 7) is 2.23. The van der Waals surface area contributed by atoms with Crippen molar-refractivity contribution in [3.63, 3.8) is 0 Å². The highest BCUT2D eigenvalue weighted by Gasteiger charge is 2.09. The van der Waals surface area contributed by atoms with E-state index in [1.807, 2.05) is 0 Å². The van der Waals surface area contributed by atoms with E-state index in [1.165, 1.54) is 6.16 Å². The van der Waals surface area contributed by atoms with Gasteiger partial charge in [-0.15, -0.1) is 0 Å². The maximum atomic E-state index is 2.29. The van der Waals surface area contributed by atoms with Gasteiger partial charge in [0.15, 0.2) is 0 Å². The third kappa shape index (κ3) is 3.14. The van der Waals surface area contributed by atoms with E-state index in [4.69, 9.17) is 0 Å². The van der Waals surface area contributed by atoms with Gasteiger partial charge in [0.2, 0.25) is 0 Å². The van der Waals surface area contributed by atoms with Crippen LogP contribution in [0.1, 0.15) is 6.92 Å². The molecule has 0 aliphatic heterocycles. The predicted octanol–water partition coefficient (Wildman–Crippen LogP) is 1.44. The van der Waals surface area contributed by atoms with E-state index < -0.39 is 0 Å². The third-order valence-electron chi connectivity index (χ3n) is 1.21. The second-order valence-electron chi connectivity index (χ2n) is 2.38. The van der Waals surface area contributed by atoms with Crippen LogP contribution in [-0.4, -0.2) is 43.7 Å². The molecule has 9 heavy (non-hydrogen) atoms. The topological polar surface area (TPSA) is 6.48 Å². The van der Waals surface area contributed by atoms with Gasteiger partial charge in [-0.05, 0) is 34.4 Å². The van der Waals surface area contributed by atoms with Crippen LogP contribution in [0.3, 0.4) is 0 Å². The van der Waals surface area contributed by atoms with Crippen LogP contribution in [0.4, 0.5) is 0 Å². The average molecular weight is 148 g/mol. The van der Waals surface area contributed by atoms with Gasteiger partial charge < -0.3 is 0 Å². The van der Waals surface area contributed by atoms with E-state index in [0.717, 1.165) is 0 Å². The molecule has 0 saturated heterocycles. The molecule has 0 aliphatic carbocycles. The zero-order valence-electron chi connectivity index (χ0n) is 7.05. The summed E-state index contributed by atoms with van der Waals surface area (Å²) in [4.78, 5) is 0. The highest BCUT2D eigenvalue weighted by Crippen LogP contribution is 2.38. The van der Waals surface area contributed by atoms with Crippen molar-refractivity contribution >= 4 is 8.22 Å². The summed E-state index contributed by atoms with van der Waals surface area (Å²) in [5, 5.41) is 0. The molecule has 0 atom stereocenters. The van der Waals surface area contributed by atoms with Gasteiger partial charge in [0.1, 0.15) is 0 Å². The van der Waals surface area contributed by atoms with Crippen molar-refractivity contribution in [3.8, 4) is 0 Å². The lowest BCUT2D eigenvalue weighted by molar-refractivity contribution is 0.574. The first kappa shape index (κ1) is 9.35. The van der Waals surface area contributed by atoms with Crippen molar-refractivity contribution in [2.24, 2.45) is 0 Å². The molecule has 0 saturated carbocycles. The molecule has 0 rings (SSSR count). The molecule has 0 unspecified atom stereocenters. The van der Waals surface area contributed by atoms with Gasteiger partial charge in [0.25, 0.3) is 0 Å². The normalized spacial score (nSPS) is 12.0. The van der Waals surface area contributed by atoms with Crippen LogP contribution in [0.15, 0.2) is 0 Å². The fraction of sp³-hybridized carbons (Fsp3) is 1.00. The molecular weight excluding hydrogens is 131 g/mol. The zero-order chi connectivity index (χ0) is 7.44. The van der Waals surface area contributed by atoms with Crippen molar-refractivity contribution in [2.45, 2.75) is 6.92 Å². The molecule has 0 N–H and O–H groups in total. The Balaban J connectivity index is 3.68. The summed E-state index contributed by atoms with van der Waals surface area (Å²) in [5.74, 6) is 0. The standard InChI is InChI=1S/C6H17N2P/c1-6-9(7(2)3)8(4)5/h6H2,1-5H3. The minimum Gasteiger partial charge on any atom is -0.276 e. The molecule has 0 fully saturated rings. The lowest BCUT2D eigenvalue weighted by atomic mass is 11.0. The summed E-state index contributed by atoms with van der Waals surface area (Å²) >= 11 is 0. The Morgan fingerprint density at radius 3 is 1.33 bits per heavy atom. The monoisotopic (exact) mass is 148 g/mol. The van der Waals surface area contributed by atoms with Gasteiger partial charge in [-0.25, -0.2) is 0 Å². The van der Waals surface area contributed by atoms with Gasteiger partial charge >= 0.3 is 0 Å². The van der Waals surface area contributed by atoms with Crippen molar-refractivity contribution in [2.75, 3.05) is 34.4 Å². The fourth-order valence-corrected chi connectivity index (χ4v) is 2.77. The van der Waals surface area contributed by atoms with Crippen LogP contribution in [-0.2, 0) is 0 Å². The van der Waals surface area contributed by atoms with Gasteiger partial charge in [0, 0.05) is 8.22 Å². The zero-order valence-corrected chi connectivity index (χ0v) is 7.94. The van der Waals surface area contributed by atoms with Crippen molar-refractivity contribution in [1.29, 1.82) is 0 Å². The SMILES string of the molecule is CCP(N(C)C)N(C)C. The van der Waals surface area contributed by atoms with E-state index in [2.05, 4.69) is 44.5 Å². The Kier molecular flexibility index (Phi) is 4.37. The van der Waals surface area contributed by atoms with Gasteiger partial charge in [-0.1, -0.05) is 6.92 Å². The number of hydrogen-bond donors (Lipinski definition) is 0. The number of nitrogens with zero attached hydrogens (tertiary/aromatic N) is 2. The summed E-state index contributed by atoms with van der Waals surface area (Å²) in [5.41, 5.74) is 0. The molecule has 0 aromatic heterocycles. The minimum atomic E-state index is -0.00977. The second-order valence-corrected chi connectivity index (χ2v) is 5.36. The van der Waals surface area contributed by atoms with Crippen molar-refractivity contribution < 1.29 is 0 Å². The average Bonchev–Trinajstić information content (AvgIpc) is 1.64.